The smallest absolute Gasteiger partial charge is 0.316 e. The molecule has 0 radical (unpaired) electrons. The number of benzene rings is 1. The largest absolute Gasteiger partial charge is 0.452 e. The quantitative estimate of drug-likeness (QED) is 0.479. The monoisotopic (exact) mass is 535 g/mol. The lowest BCUT2D eigenvalue weighted by molar-refractivity contribution is -0.162. The van der Waals surface area contributed by atoms with Gasteiger partial charge in [-0.15, -0.1) is 0 Å². The SMILES string of the molecule is CCC1OC(=O)C(C)(C)/C=C/c2ccc3ccc(nc3c2)[C@@H](C)NC(=O)C2CCCN(N2)C(=O)C(C)NC1=O. The standard InChI is InChI=1S/C29H37N5O5/c1-6-24-26(36)31-18(3)27(37)34-15-7-8-22(33-34)25(35)30-17(2)21-12-11-20-10-9-19(16-23(20)32-21)13-14-29(4,5)28(38)39-24/h9-14,16-18,22,24,33H,6-8,15H2,1-5H3,(H,30,35)(H,31,36)/b14-13+/t17-,18?,22?,24?/m1/s1. The molecule has 4 rings (SSSR count). The molecule has 208 valence electrons. The lowest BCUT2D eigenvalue weighted by Gasteiger charge is -2.35. The van der Waals surface area contributed by atoms with Crippen LogP contribution in [-0.2, 0) is 23.9 Å². The van der Waals surface area contributed by atoms with Crippen molar-refractivity contribution in [1.82, 2.24) is 26.1 Å². The van der Waals surface area contributed by atoms with Gasteiger partial charge in [-0.3, -0.25) is 29.2 Å². The van der Waals surface area contributed by atoms with Gasteiger partial charge in [-0.25, -0.2) is 5.43 Å². The molecule has 10 nitrogen and oxygen atoms in total. The number of amides is 3. The summed E-state index contributed by atoms with van der Waals surface area (Å²) in [5, 5.41) is 7.99. The third-order valence-electron chi connectivity index (χ3n) is 7.17. The molecular formula is C29H37N5O5. The fourth-order valence-corrected chi connectivity index (χ4v) is 4.59. The van der Waals surface area contributed by atoms with Crippen LogP contribution in [0.25, 0.3) is 17.0 Å². The Morgan fingerprint density at radius 3 is 2.49 bits per heavy atom. The van der Waals surface area contributed by atoms with Crippen LogP contribution in [0, 0.1) is 5.41 Å². The number of esters is 1. The van der Waals surface area contributed by atoms with E-state index in [1.807, 2.05) is 43.3 Å². The lowest BCUT2D eigenvalue weighted by Crippen LogP contribution is -2.61. The van der Waals surface area contributed by atoms with E-state index in [2.05, 4.69) is 16.1 Å². The fraction of sp³-hybridized carbons (Fsp3) is 0.483. The van der Waals surface area contributed by atoms with Gasteiger partial charge in [-0.05, 0) is 64.7 Å². The van der Waals surface area contributed by atoms with Gasteiger partial charge in [0, 0.05) is 11.9 Å². The van der Waals surface area contributed by atoms with E-state index in [0.29, 0.717) is 25.1 Å². The van der Waals surface area contributed by atoms with Gasteiger partial charge in [0.05, 0.1) is 22.7 Å². The van der Waals surface area contributed by atoms with E-state index in [9.17, 15) is 19.2 Å². The minimum atomic E-state index is -1.05. The predicted molar refractivity (Wildman–Crippen MR) is 147 cm³/mol. The summed E-state index contributed by atoms with van der Waals surface area (Å²) in [7, 11) is 0. The minimum Gasteiger partial charge on any atom is -0.452 e. The molecule has 2 aliphatic heterocycles. The highest BCUT2D eigenvalue weighted by Gasteiger charge is 2.34. The number of ether oxygens (including phenoxy) is 1. The molecule has 0 saturated carbocycles. The Bertz CT molecular complexity index is 1310. The number of carbonyl (C=O) groups is 4. The summed E-state index contributed by atoms with van der Waals surface area (Å²) >= 11 is 0. The van der Waals surface area contributed by atoms with E-state index in [0.717, 1.165) is 16.5 Å². The number of hydrazine groups is 1. The molecule has 0 spiro atoms. The van der Waals surface area contributed by atoms with Gasteiger partial charge in [0.15, 0.2) is 6.10 Å². The van der Waals surface area contributed by atoms with Gasteiger partial charge >= 0.3 is 5.97 Å². The molecule has 3 amide bonds. The molecule has 1 fully saturated rings. The molecule has 2 aromatic rings. The highest BCUT2D eigenvalue weighted by molar-refractivity contribution is 5.91. The van der Waals surface area contributed by atoms with Crippen LogP contribution in [0.15, 0.2) is 36.4 Å². The summed E-state index contributed by atoms with van der Waals surface area (Å²) in [6, 6.07) is 7.80. The first kappa shape index (κ1) is 28.2. The lowest BCUT2D eigenvalue weighted by atomic mass is 9.92. The zero-order valence-corrected chi connectivity index (χ0v) is 23.1. The average molecular weight is 536 g/mol. The Morgan fingerprint density at radius 2 is 1.74 bits per heavy atom. The third kappa shape index (κ3) is 6.44. The van der Waals surface area contributed by atoms with Crippen LogP contribution in [0.1, 0.15) is 71.2 Å². The summed E-state index contributed by atoms with van der Waals surface area (Å²) in [6.45, 7) is 9.02. The molecule has 1 aromatic carbocycles. The molecule has 1 aromatic heterocycles. The van der Waals surface area contributed by atoms with Crippen molar-refractivity contribution < 1.29 is 23.9 Å². The van der Waals surface area contributed by atoms with E-state index in [1.54, 1.807) is 33.8 Å². The molecule has 3 N–H and O–H groups in total. The fourth-order valence-electron chi connectivity index (χ4n) is 4.59. The number of fused-ring (bicyclic) bond motifs is 4. The zero-order valence-electron chi connectivity index (χ0n) is 23.1. The Labute approximate surface area is 228 Å². The molecule has 0 aliphatic carbocycles. The van der Waals surface area contributed by atoms with Crippen molar-refractivity contribution in [3.05, 3.63) is 47.7 Å². The number of nitrogens with one attached hydrogen (secondary N) is 3. The van der Waals surface area contributed by atoms with E-state index < -0.39 is 35.5 Å². The number of rotatable bonds is 1. The van der Waals surface area contributed by atoms with Gasteiger partial charge < -0.3 is 15.4 Å². The minimum absolute atomic E-state index is 0.235. The van der Waals surface area contributed by atoms with E-state index in [1.165, 1.54) is 5.01 Å². The van der Waals surface area contributed by atoms with Gasteiger partial charge in [0.25, 0.3) is 11.8 Å². The molecule has 10 heteroatoms. The molecule has 3 heterocycles. The number of pyridine rings is 1. The Hall–Kier alpha value is -3.79. The van der Waals surface area contributed by atoms with Gasteiger partial charge in [0.1, 0.15) is 12.1 Å². The van der Waals surface area contributed by atoms with Crippen LogP contribution >= 0.6 is 0 Å². The second-order valence-corrected chi connectivity index (χ2v) is 10.8. The first-order chi connectivity index (χ1) is 18.5. The van der Waals surface area contributed by atoms with Crippen molar-refractivity contribution in [1.29, 1.82) is 0 Å². The average Bonchev–Trinajstić information content (AvgIpc) is 2.93. The highest BCUT2D eigenvalue weighted by Crippen LogP contribution is 2.25. The van der Waals surface area contributed by atoms with E-state index >= 15 is 0 Å². The molecule has 1 saturated heterocycles. The van der Waals surface area contributed by atoms with Gasteiger partial charge in [-0.1, -0.05) is 37.3 Å². The van der Waals surface area contributed by atoms with Crippen molar-refractivity contribution in [3.63, 3.8) is 0 Å². The number of nitrogens with zero attached hydrogens (tertiary/aromatic N) is 2. The second-order valence-electron chi connectivity index (χ2n) is 10.8. The summed E-state index contributed by atoms with van der Waals surface area (Å²) in [5.74, 6) is -1.71. The molecular weight excluding hydrogens is 498 g/mol. The first-order valence-corrected chi connectivity index (χ1v) is 13.5. The first-order valence-electron chi connectivity index (χ1n) is 13.5. The summed E-state index contributed by atoms with van der Waals surface area (Å²) in [6.07, 6.45) is 3.95. The second kappa shape index (κ2) is 11.5. The normalized spacial score (nSPS) is 27.5. The molecule has 4 atom stereocenters. The molecule has 39 heavy (non-hydrogen) atoms. The van der Waals surface area contributed by atoms with Gasteiger partial charge in [-0.2, -0.15) is 0 Å². The van der Waals surface area contributed by atoms with Crippen molar-refractivity contribution in [2.24, 2.45) is 5.41 Å². The number of hydrogen-bond donors (Lipinski definition) is 3. The Balaban J connectivity index is 1.69. The maximum Gasteiger partial charge on any atom is 0.316 e. The predicted octanol–water partition coefficient (Wildman–Crippen LogP) is 2.79. The summed E-state index contributed by atoms with van der Waals surface area (Å²) in [4.78, 5) is 57.0. The molecule has 5 bridgehead atoms. The number of aromatic nitrogens is 1. The van der Waals surface area contributed by atoms with Crippen LogP contribution < -0.4 is 16.1 Å². The zero-order chi connectivity index (χ0) is 28.3. The third-order valence-corrected chi connectivity index (χ3v) is 7.17. The van der Waals surface area contributed by atoms with Crippen LogP contribution in [0.4, 0.5) is 0 Å². The van der Waals surface area contributed by atoms with E-state index in [-0.39, 0.29) is 24.3 Å². The maximum absolute atomic E-state index is 13.1. The highest BCUT2D eigenvalue weighted by atomic mass is 16.5. The van der Waals surface area contributed by atoms with Crippen LogP contribution in [0.3, 0.4) is 0 Å². The maximum atomic E-state index is 13.1. The van der Waals surface area contributed by atoms with Crippen LogP contribution in [0.2, 0.25) is 0 Å². The topological polar surface area (TPSA) is 130 Å². The van der Waals surface area contributed by atoms with Crippen LogP contribution in [-0.4, -0.2) is 58.4 Å². The summed E-state index contributed by atoms with van der Waals surface area (Å²) < 4.78 is 5.59. The van der Waals surface area contributed by atoms with Crippen molar-refractivity contribution in [2.45, 2.75) is 78.1 Å². The van der Waals surface area contributed by atoms with Crippen molar-refractivity contribution >= 4 is 40.7 Å². The van der Waals surface area contributed by atoms with Crippen molar-refractivity contribution in [2.75, 3.05) is 6.54 Å². The number of carbonyl (C=O) groups excluding carboxylic acids is 4. The summed E-state index contributed by atoms with van der Waals surface area (Å²) in [5.41, 5.74) is 4.31. The Morgan fingerprint density at radius 1 is 1.03 bits per heavy atom. The van der Waals surface area contributed by atoms with Gasteiger partial charge in [0.2, 0.25) is 5.91 Å². The van der Waals surface area contributed by atoms with Crippen LogP contribution in [0.5, 0.6) is 0 Å². The number of cyclic esters (lactones) is 1. The molecule has 2 aliphatic rings. The van der Waals surface area contributed by atoms with Crippen molar-refractivity contribution in [3.8, 4) is 0 Å². The Kier molecular flexibility index (Phi) is 8.34. The van der Waals surface area contributed by atoms with E-state index in [4.69, 9.17) is 9.72 Å². The number of hydrogen-bond acceptors (Lipinski definition) is 7. The molecule has 3 unspecified atom stereocenters.